The number of benzene rings is 1. The van der Waals surface area contributed by atoms with Crippen molar-refractivity contribution in [1.29, 1.82) is 0 Å². The Morgan fingerprint density at radius 1 is 1.24 bits per heavy atom. The van der Waals surface area contributed by atoms with Gasteiger partial charge in [-0.2, -0.15) is 0 Å². The first-order chi connectivity index (χ1) is 11.7. The summed E-state index contributed by atoms with van der Waals surface area (Å²) >= 11 is 0. The van der Waals surface area contributed by atoms with E-state index in [9.17, 15) is 9.18 Å². The summed E-state index contributed by atoms with van der Waals surface area (Å²) < 4.78 is 18.3. The third kappa shape index (κ3) is 4.83. The van der Waals surface area contributed by atoms with Crippen LogP contribution in [0.2, 0.25) is 0 Å². The van der Waals surface area contributed by atoms with Crippen molar-refractivity contribution < 1.29 is 13.6 Å². The topological polar surface area (TPSA) is 59.5 Å². The van der Waals surface area contributed by atoms with Gasteiger partial charge in [0.2, 0.25) is 0 Å². The quantitative estimate of drug-likeness (QED) is 0.842. The molecular weight excluding hydrogens is 343 g/mol. The first kappa shape index (κ1) is 19.5. The van der Waals surface area contributed by atoms with Crippen LogP contribution in [0.25, 0.3) is 0 Å². The highest BCUT2D eigenvalue weighted by molar-refractivity contribution is 5.94. The molecule has 25 heavy (non-hydrogen) atoms. The zero-order valence-electron chi connectivity index (χ0n) is 14.1. The van der Waals surface area contributed by atoms with Gasteiger partial charge in [-0.05, 0) is 43.0 Å². The van der Waals surface area contributed by atoms with Crippen molar-refractivity contribution in [1.82, 2.24) is 4.90 Å². The van der Waals surface area contributed by atoms with E-state index in [4.69, 9.17) is 10.2 Å². The van der Waals surface area contributed by atoms with Gasteiger partial charge in [-0.25, -0.2) is 4.39 Å². The average molecular weight is 367 g/mol. The van der Waals surface area contributed by atoms with Crippen LogP contribution in [0.5, 0.6) is 0 Å². The summed E-state index contributed by atoms with van der Waals surface area (Å²) in [5, 5.41) is 0. The van der Waals surface area contributed by atoms with Gasteiger partial charge in [-0.1, -0.05) is 25.0 Å². The van der Waals surface area contributed by atoms with Gasteiger partial charge in [0, 0.05) is 12.6 Å². The summed E-state index contributed by atoms with van der Waals surface area (Å²) in [6.45, 7) is 0.907. The lowest BCUT2D eigenvalue weighted by Gasteiger charge is -2.28. The van der Waals surface area contributed by atoms with Gasteiger partial charge in [-0.15, -0.1) is 12.4 Å². The molecule has 1 aliphatic rings. The fourth-order valence-corrected chi connectivity index (χ4v) is 3.33. The molecule has 0 atom stereocenters. The maximum absolute atomic E-state index is 13.0. The maximum Gasteiger partial charge on any atom is 0.257 e. The van der Waals surface area contributed by atoms with Gasteiger partial charge in [-0.3, -0.25) is 4.79 Å². The van der Waals surface area contributed by atoms with E-state index in [1.54, 1.807) is 18.2 Å². The van der Waals surface area contributed by atoms with E-state index in [0.717, 1.165) is 31.2 Å². The molecule has 4 nitrogen and oxygen atoms in total. The SMILES string of the molecule is Cl.NCc1cc(C(=O)N(CCc2ccc(F)cc2)C2CCCC2)co1. The lowest BCUT2D eigenvalue weighted by atomic mass is 10.1. The number of amides is 1. The predicted molar refractivity (Wildman–Crippen MR) is 97.2 cm³/mol. The predicted octanol–water partition coefficient (Wildman–Crippen LogP) is 3.93. The molecule has 0 saturated heterocycles. The molecular formula is C19H24ClFN2O2. The van der Waals surface area contributed by atoms with E-state index in [2.05, 4.69) is 0 Å². The zero-order valence-corrected chi connectivity index (χ0v) is 14.9. The van der Waals surface area contributed by atoms with Crippen LogP contribution in [-0.2, 0) is 13.0 Å². The van der Waals surface area contributed by atoms with E-state index in [1.165, 1.54) is 18.4 Å². The van der Waals surface area contributed by atoms with E-state index >= 15 is 0 Å². The minimum atomic E-state index is -0.241. The summed E-state index contributed by atoms with van der Waals surface area (Å²) in [7, 11) is 0. The zero-order chi connectivity index (χ0) is 16.9. The molecule has 1 heterocycles. The molecule has 0 unspecified atom stereocenters. The van der Waals surface area contributed by atoms with Crippen molar-refractivity contribution in [2.45, 2.75) is 44.7 Å². The molecule has 0 radical (unpaired) electrons. The first-order valence-electron chi connectivity index (χ1n) is 8.50. The molecule has 6 heteroatoms. The number of carbonyl (C=O) groups excluding carboxylic acids is 1. The van der Waals surface area contributed by atoms with Crippen LogP contribution in [0.4, 0.5) is 4.39 Å². The second kappa shape index (κ2) is 9.02. The minimum absolute atomic E-state index is 0. The van der Waals surface area contributed by atoms with Gasteiger partial charge in [0.1, 0.15) is 17.8 Å². The molecule has 1 aromatic carbocycles. The number of hydrogen-bond acceptors (Lipinski definition) is 3. The van der Waals surface area contributed by atoms with Gasteiger partial charge in [0.15, 0.2) is 0 Å². The molecule has 1 aliphatic carbocycles. The Bertz CT molecular complexity index is 681. The van der Waals surface area contributed by atoms with Crippen molar-refractivity contribution in [3.05, 3.63) is 59.3 Å². The number of furan rings is 1. The summed E-state index contributed by atoms with van der Waals surface area (Å²) in [4.78, 5) is 14.8. The Kier molecular flexibility index (Phi) is 7.02. The molecule has 3 rings (SSSR count). The fourth-order valence-electron chi connectivity index (χ4n) is 3.33. The number of hydrogen-bond donors (Lipinski definition) is 1. The third-order valence-electron chi connectivity index (χ3n) is 4.68. The molecule has 0 aliphatic heterocycles. The van der Waals surface area contributed by atoms with Crippen LogP contribution in [0.15, 0.2) is 41.0 Å². The second-order valence-corrected chi connectivity index (χ2v) is 6.32. The Morgan fingerprint density at radius 3 is 2.52 bits per heavy atom. The molecule has 1 aromatic heterocycles. The monoisotopic (exact) mass is 366 g/mol. The van der Waals surface area contributed by atoms with E-state index < -0.39 is 0 Å². The van der Waals surface area contributed by atoms with Crippen LogP contribution >= 0.6 is 12.4 Å². The van der Waals surface area contributed by atoms with Crippen molar-refractivity contribution in [3.63, 3.8) is 0 Å². The lowest BCUT2D eigenvalue weighted by Crippen LogP contribution is -2.40. The smallest absolute Gasteiger partial charge is 0.257 e. The fraction of sp³-hybridized carbons (Fsp3) is 0.421. The van der Waals surface area contributed by atoms with Crippen molar-refractivity contribution in [3.8, 4) is 0 Å². The Labute approximate surface area is 153 Å². The van der Waals surface area contributed by atoms with Crippen molar-refractivity contribution in [2.24, 2.45) is 5.73 Å². The molecule has 136 valence electrons. The summed E-state index contributed by atoms with van der Waals surface area (Å²) in [5.41, 5.74) is 7.15. The van der Waals surface area contributed by atoms with Crippen LogP contribution in [0, 0.1) is 5.82 Å². The normalized spacial score (nSPS) is 14.3. The van der Waals surface area contributed by atoms with Crippen LogP contribution in [-0.4, -0.2) is 23.4 Å². The number of rotatable bonds is 6. The van der Waals surface area contributed by atoms with Gasteiger partial charge in [0.25, 0.3) is 5.91 Å². The third-order valence-corrected chi connectivity index (χ3v) is 4.68. The molecule has 0 spiro atoms. The summed E-state index contributed by atoms with van der Waals surface area (Å²) in [5.74, 6) is 0.367. The highest BCUT2D eigenvalue weighted by atomic mass is 35.5. The van der Waals surface area contributed by atoms with Gasteiger partial charge < -0.3 is 15.1 Å². The molecule has 1 amide bonds. The Hall–Kier alpha value is -1.85. The lowest BCUT2D eigenvalue weighted by molar-refractivity contribution is 0.0683. The number of carbonyl (C=O) groups is 1. The summed E-state index contributed by atoms with van der Waals surface area (Å²) in [6.07, 6.45) is 6.59. The molecule has 1 fully saturated rings. The Morgan fingerprint density at radius 2 is 1.92 bits per heavy atom. The molecule has 2 aromatic rings. The van der Waals surface area contributed by atoms with E-state index in [1.807, 2.05) is 4.90 Å². The van der Waals surface area contributed by atoms with Crippen molar-refractivity contribution in [2.75, 3.05) is 6.54 Å². The Balaban J connectivity index is 0.00000225. The maximum atomic E-state index is 13.0. The molecule has 0 bridgehead atoms. The van der Waals surface area contributed by atoms with E-state index in [0.29, 0.717) is 24.3 Å². The minimum Gasteiger partial charge on any atom is -0.467 e. The second-order valence-electron chi connectivity index (χ2n) is 6.32. The number of nitrogens with zero attached hydrogens (tertiary/aromatic N) is 1. The van der Waals surface area contributed by atoms with Gasteiger partial charge in [0.05, 0.1) is 12.1 Å². The molecule has 2 N–H and O–H groups in total. The van der Waals surface area contributed by atoms with Crippen LogP contribution in [0.1, 0.15) is 47.4 Å². The van der Waals surface area contributed by atoms with Gasteiger partial charge >= 0.3 is 0 Å². The summed E-state index contributed by atoms with van der Waals surface area (Å²) in [6, 6.07) is 8.46. The van der Waals surface area contributed by atoms with Crippen LogP contribution < -0.4 is 5.73 Å². The van der Waals surface area contributed by atoms with Crippen molar-refractivity contribution >= 4 is 18.3 Å². The standard InChI is InChI=1S/C19H23FN2O2.ClH/c20-16-7-5-14(6-8-16)9-10-22(17-3-1-2-4-17)19(23)15-11-18(12-21)24-13-15;/h5-8,11,13,17H,1-4,9-10,12,21H2;1H. The first-order valence-corrected chi connectivity index (χ1v) is 8.50. The largest absolute Gasteiger partial charge is 0.467 e. The highest BCUT2D eigenvalue weighted by Gasteiger charge is 2.28. The number of nitrogens with two attached hydrogens (primary N) is 1. The highest BCUT2D eigenvalue weighted by Crippen LogP contribution is 2.25. The molecule has 1 saturated carbocycles. The van der Waals surface area contributed by atoms with E-state index in [-0.39, 0.29) is 36.7 Å². The number of halogens is 2. The average Bonchev–Trinajstić information content (AvgIpc) is 3.28. The van der Waals surface area contributed by atoms with Crippen LogP contribution in [0.3, 0.4) is 0 Å².